The summed E-state index contributed by atoms with van der Waals surface area (Å²) < 4.78 is 6.29. The van der Waals surface area contributed by atoms with E-state index in [1.807, 2.05) is 43.3 Å². The standard InChI is InChI=1S/C23H21BrN2O3/c1-2-29-20-13-11-19(12-14-20)26-23(28)16-7-9-18(10-8-16)25-22(27)15-17-5-3-4-6-21(17)24/h3-14H,2,15H2,1H3,(H,25,27)(H,26,28). The Balaban J connectivity index is 1.57. The molecule has 6 heteroatoms. The molecule has 3 rings (SSSR count). The molecule has 0 aromatic heterocycles. The van der Waals surface area contributed by atoms with Gasteiger partial charge in [0.1, 0.15) is 5.75 Å². The molecule has 2 N–H and O–H groups in total. The third-order valence-electron chi connectivity index (χ3n) is 4.16. The van der Waals surface area contributed by atoms with Crippen molar-refractivity contribution < 1.29 is 14.3 Å². The van der Waals surface area contributed by atoms with Crippen molar-refractivity contribution in [1.29, 1.82) is 0 Å². The third-order valence-corrected chi connectivity index (χ3v) is 4.94. The quantitative estimate of drug-likeness (QED) is 0.512. The Morgan fingerprint density at radius 2 is 1.48 bits per heavy atom. The van der Waals surface area contributed by atoms with Crippen LogP contribution in [-0.2, 0) is 11.2 Å². The van der Waals surface area contributed by atoms with E-state index in [9.17, 15) is 9.59 Å². The number of rotatable bonds is 7. The molecule has 0 aliphatic carbocycles. The Morgan fingerprint density at radius 1 is 0.862 bits per heavy atom. The fourth-order valence-electron chi connectivity index (χ4n) is 2.73. The van der Waals surface area contributed by atoms with E-state index in [2.05, 4.69) is 26.6 Å². The number of halogens is 1. The number of benzene rings is 3. The molecule has 0 heterocycles. The lowest BCUT2D eigenvalue weighted by molar-refractivity contribution is -0.115. The zero-order chi connectivity index (χ0) is 20.6. The number of carbonyl (C=O) groups is 2. The first-order valence-corrected chi connectivity index (χ1v) is 10.0. The molecule has 0 spiro atoms. The van der Waals surface area contributed by atoms with E-state index in [4.69, 9.17) is 4.74 Å². The van der Waals surface area contributed by atoms with Gasteiger partial charge in [0.2, 0.25) is 5.91 Å². The first kappa shape index (κ1) is 20.6. The molecule has 0 aliphatic rings. The maximum Gasteiger partial charge on any atom is 0.255 e. The molecule has 29 heavy (non-hydrogen) atoms. The highest BCUT2D eigenvalue weighted by molar-refractivity contribution is 9.10. The molecule has 0 radical (unpaired) electrons. The molecule has 0 aliphatic heterocycles. The normalized spacial score (nSPS) is 10.3. The van der Waals surface area contributed by atoms with Crippen LogP contribution in [0.25, 0.3) is 0 Å². The number of anilines is 2. The predicted octanol–water partition coefficient (Wildman–Crippen LogP) is 5.28. The second-order valence-electron chi connectivity index (χ2n) is 6.31. The lowest BCUT2D eigenvalue weighted by atomic mass is 10.1. The number of amides is 2. The zero-order valence-corrected chi connectivity index (χ0v) is 17.5. The van der Waals surface area contributed by atoms with Crippen LogP contribution in [0.2, 0.25) is 0 Å². The van der Waals surface area contributed by atoms with Gasteiger partial charge in [0, 0.05) is 21.4 Å². The largest absolute Gasteiger partial charge is 0.494 e. The Bertz CT molecular complexity index is 986. The molecule has 0 saturated heterocycles. The highest BCUT2D eigenvalue weighted by Gasteiger charge is 2.09. The van der Waals surface area contributed by atoms with Gasteiger partial charge in [0.25, 0.3) is 5.91 Å². The van der Waals surface area contributed by atoms with Crippen LogP contribution in [0.4, 0.5) is 11.4 Å². The van der Waals surface area contributed by atoms with Crippen molar-refractivity contribution in [3.63, 3.8) is 0 Å². The van der Waals surface area contributed by atoms with E-state index in [0.717, 1.165) is 15.8 Å². The average Bonchev–Trinajstić information content (AvgIpc) is 2.72. The second-order valence-corrected chi connectivity index (χ2v) is 7.16. The molecule has 3 aromatic rings. The van der Waals surface area contributed by atoms with Gasteiger partial charge in [-0.05, 0) is 67.1 Å². The van der Waals surface area contributed by atoms with Crippen molar-refractivity contribution >= 4 is 39.1 Å². The lowest BCUT2D eigenvalue weighted by Gasteiger charge is -2.09. The molecule has 2 amide bonds. The first-order chi connectivity index (χ1) is 14.0. The van der Waals surface area contributed by atoms with Crippen LogP contribution in [0, 0.1) is 0 Å². The van der Waals surface area contributed by atoms with E-state index in [-0.39, 0.29) is 18.2 Å². The fraction of sp³-hybridized carbons (Fsp3) is 0.130. The van der Waals surface area contributed by atoms with Gasteiger partial charge < -0.3 is 15.4 Å². The summed E-state index contributed by atoms with van der Waals surface area (Å²) in [4.78, 5) is 24.6. The Labute approximate surface area is 178 Å². The van der Waals surface area contributed by atoms with Crippen molar-refractivity contribution in [2.24, 2.45) is 0 Å². The molecule has 148 valence electrons. The molecule has 3 aromatic carbocycles. The number of carbonyl (C=O) groups excluding carboxylic acids is 2. The van der Waals surface area contributed by atoms with Crippen LogP contribution in [0.5, 0.6) is 5.75 Å². The molecule has 0 atom stereocenters. The van der Waals surface area contributed by atoms with Gasteiger partial charge in [-0.15, -0.1) is 0 Å². The molecular formula is C23H21BrN2O3. The summed E-state index contributed by atoms with van der Waals surface area (Å²) in [5, 5.41) is 5.69. The topological polar surface area (TPSA) is 67.4 Å². The maximum atomic E-state index is 12.4. The summed E-state index contributed by atoms with van der Waals surface area (Å²) in [6.07, 6.45) is 0.265. The molecule has 5 nitrogen and oxygen atoms in total. The van der Waals surface area contributed by atoms with Crippen LogP contribution in [-0.4, -0.2) is 18.4 Å². The van der Waals surface area contributed by atoms with E-state index in [0.29, 0.717) is 23.5 Å². The van der Waals surface area contributed by atoms with Crippen molar-refractivity contribution in [3.05, 3.63) is 88.4 Å². The van der Waals surface area contributed by atoms with Crippen LogP contribution in [0.3, 0.4) is 0 Å². The minimum Gasteiger partial charge on any atom is -0.494 e. The summed E-state index contributed by atoms with van der Waals surface area (Å²) in [7, 11) is 0. The molecule has 0 fully saturated rings. The SMILES string of the molecule is CCOc1ccc(NC(=O)c2ccc(NC(=O)Cc3ccccc3Br)cc2)cc1. The summed E-state index contributed by atoms with van der Waals surface area (Å²) in [6, 6.07) is 21.6. The Hall–Kier alpha value is -3.12. The lowest BCUT2D eigenvalue weighted by Crippen LogP contribution is -2.15. The fourth-order valence-corrected chi connectivity index (χ4v) is 3.15. The summed E-state index contributed by atoms with van der Waals surface area (Å²) in [6.45, 7) is 2.51. The summed E-state index contributed by atoms with van der Waals surface area (Å²) in [5.41, 5.74) is 2.74. The van der Waals surface area contributed by atoms with Crippen molar-refractivity contribution in [2.45, 2.75) is 13.3 Å². The van der Waals surface area contributed by atoms with Gasteiger partial charge in [-0.25, -0.2) is 0 Å². The Kier molecular flexibility index (Phi) is 7.03. The first-order valence-electron chi connectivity index (χ1n) is 9.22. The Morgan fingerprint density at radius 3 is 2.14 bits per heavy atom. The monoisotopic (exact) mass is 452 g/mol. The highest BCUT2D eigenvalue weighted by atomic mass is 79.9. The van der Waals surface area contributed by atoms with Gasteiger partial charge >= 0.3 is 0 Å². The van der Waals surface area contributed by atoms with Crippen molar-refractivity contribution in [3.8, 4) is 5.75 Å². The van der Waals surface area contributed by atoms with Crippen molar-refractivity contribution in [1.82, 2.24) is 0 Å². The number of nitrogens with one attached hydrogen (secondary N) is 2. The predicted molar refractivity (Wildman–Crippen MR) is 118 cm³/mol. The van der Waals surface area contributed by atoms with Gasteiger partial charge in [-0.2, -0.15) is 0 Å². The van der Waals surface area contributed by atoms with E-state index < -0.39 is 0 Å². The van der Waals surface area contributed by atoms with Crippen LogP contribution in [0.1, 0.15) is 22.8 Å². The minimum absolute atomic E-state index is 0.122. The highest BCUT2D eigenvalue weighted by Crippen LogP contribution is 2.19. The van der Waals surface area contributed by atoms with E-state index >= 15 is 0 Å². The zero-order valence-electron chi connectivity index (χ0n) is 15.9. The second kappa shape index (κ2) is 9.89. The van der Waals surface area contributed by atoms with Crippen LogP contribution < -0.4 is 15.4 Å². The minimum atomic E-state index is -0.222. The van der Waals surface area contributed by atoms with Gasteiger partial charge in [0.15, 0.2) is 0 Å². The maximum absolute atomic E-state index is 12.4. The van der Waals surface area contributed by atoms with E-state index in [1.165, 1.54) is 0 Å². The van der Waals surface area contributed by atoms with Crippen LogP contribution >= 0.6 is 15.9 Å². The van der Waals surface area contributed by atoms with Gasteiger partial charge in [-0.3, -0.25) is 9.59 Å². The summed E-state index contributed by atoms with van der Waals surface area (Å²) >= 11 is 3.44. The average molecular weight is 453 g/mol. The van der Waals surface area contributed by atoms with Crippen LogP contribution in [0.15, 0.2) is 77.3 Å². The molecular weight excluding hydrogens is 432 g/mol. The van der Waals surface area contributed by atoms with Crippen molar-refractivity contribution in [2.75, 3.05) is 17.2 Å². The van der Waals surface area contributed by atoms with Gasteiger partial charge in [0.05, 0.1) is 13.0 Å². The smallest absolute Gasteiger partial charge is 0.255 e. The van der Waals surface area contributed by atoms with E-state index in [1.54, 1.807) is 36.4 Å². The van der Waals surface area contributed by atoms with Gasteiger partial charge in [-0.1, -0.05) is 34.1 Å². The molecule has 0 unspecified atom stereocenters. The number of ether oxygens (including phenoxy) is 1. The molecule has 0 bridgehead atoms. The number of hydrogen-bond acceptors (Lipinski definition) is 3. The summed E-state index contributed by atoms with van der Waals surface area (Å²) in [5.74, 6) is 0.414. The molecule has 0 saturated carbocycles. The third kappa shape index (κ3) is 5.93. The number of hydrogen-bond donors (Lipinski definition) is 2.